The predicted molar refractivity (Wildman–Crippen MR) is 76.7 cm³/mol. The summed E-state index contributed by atoms with van der Waals surface area (Å²) >= 11 is 6.12. The van der Waals surface area contributed by atoms with Crippen molar-refractivity contribution >= 4 is 21.4 Å². The summed E-state index contributed by atoms with van der Waals surface area (Å²) in [5.74, 6) is 0.172. The van der Waals surface area contributed by atoms with E-state index in [0.29, 0.717) is 6.54 Å². The lowest BCUT2D eigenvalue weighted by Crippen LogP contribution is -2.37. The first-order valence-corrected chi connectivity index (χ1v) is 8.42. The summed E-state index contributed by atoms with van der Waals surface area (Å²) in [6, 6.07) is 7.64. The molecular weight excluding hydrogens is 270 g/mol. The number of sulfone groups is 1. The predicted octanol–water partition coefficient (Wildman–Crippen LogP) is 2.60. The highest BCUT2D eigenvalue weighted by molar-refractivity contribution is 7.90. The van der Waals surface area contributed by atoms with Gasteiger partial charge in [-0.15, -0.1) is 0 Å². The average molecular weight is 290 g/mol. The lowest BCUT2D eigenvalue weighted by atomic mass is 10.2. The molecule has 0 heterocycles. The summed E-state index contributed by atoms with van der Waals surface area (Å²) in [6.07, 6.45) is 1.27. The molecule has 0 radical (unpaired) electrons. The van der Waals surface area contributed by atoms with E-state index in [-0.39, 0.29) is 11.8 Å². The molecule has 0 spiro atoms. The van der Waals surface area contributed by atoms with Crippen molar-refractivity contribution in [2.75, 3.05) is 18.6 Å². The molecule has 0 bridgehead atoms. The minimum atomic E-state index is -2.96. The largest absolute Gasteiger partial charge is 0.296 e. The molecule has 1 aromatic rings. The van der Waals surface area contributed by atoms with Crippen LogP contribution in [0.4, 0.5) is 0 Å². The van der Waals surface area contributed by atoms with Gasteiger partial charge in [-0.2, -0.15) is 0 Å². The van der Waals surface area contributed by atoms with Crippen molar-refractivity contribution in [2.24, 2.45) is 0 Å². The molecule has 1 rings (SSSR count). The molecule has 0 aromatic heterocycles. The van der Waals surface area contributed by atoms with Gasteiger partial charge in [-0.25, -0.2) is 8.42 Å². The van der Waals surface area contributed by atoms with Crippen LogP contribution in [0.15, 0.2) is 24.3 Å². The van der Waals surface area contributed by atoms with Crippen LogP contribution in [-0.2, 0) is 16.4 Å². The molecule has 0 aliphatic heterocycles. The van der Waals surface area contributed by atoms with E-state index in [0.717, 1.165) is 17.1 Å². The van der Waals surface area contributed by atoms with Gasteiger partial charge in [0, 0.05) is 23.9 Å². The van der Waals surface area contributed by atoms with Crippen LogP contribution in [0.25, 0.3) is 0 Å². The van der Waals surface area contributed by atoms with Gasteiger partial charge >= 0.3 is 0 Å². The second-order valence-electron chi connectivity index (χ2n) is 4.60. The third-order valence-corrected chi connectivity index (χ3v) is 4.36. The number of rotatable bonds is 6. The SMILES string of the molecule is CCN(Cc1ccccc1Cl)C(C)CS(C)(=O)=O. The summed E-state index contributed by atoms with van der Waals surface area (Å²) < 4.78 is 22.7. The Bertz CT molecular complexity index is 488. The van der Waals surface area contributed by atoms with Gasteiger partial charge in [0.25, 0.3) is 0 Å². The van der Waals surface area contributed by atoms with Crippen LogP contribution in [-0.4, -0.2) is 37.9 Å². The molecule has 0 saturated heterocycles. The maximum absolute atomic E-state index is 11.3. The molecule has 0 amide bonds. The van der Waals surface area contributed by atoms with E-state index in [1.807, 2.05) is 38.1 Å². The lowest BCUT2D eigenvalue weighted by molar-refractivity contribution is 0.226. The number of benzene rings is 1. The Morgan fingerprint density at radius 2 is 1.94 bits per heavy atom. The van der Waals surface area contributed by atoms with Crippen molar-refractivity contribution in [3.05, 3.63) is 34.9 Å². The zero-order chi connectivity index (χ0) is 13.8. The molecule has 1 unspecified atom stereocenters. The maximum Gasteiger partial charge on any atom is 0.148 e. The fourth-order valence-corrected chi connectivity index (χ4v) is 3.25. The normalized spacial score (nSPS) is 13.8. The van der Waals surface area contributed by atoms with Crippen molar-refractivity contribution in [1.29, 1.82) is 0 Å². The fourth-order valence-electron chi connectivity index (χ4n) is 1.97. The smallest absolute Gasteiger partial charge is 0.148 e. The first-order valence-electron chi connectivity index (χ1n) is 5.98. The summed E-state index contributed by atoms with van der Waals surface area (Å²) in [6.45, 7) is 5.42. The molecule has 1 aromatic carbocycles. The van der Waals surface area contributed by atoms with Crippen LogP contribution in [0.2, 0.25) is 5.02 Å². The van der Waals surface area contributed by atoms with Gasteiger partial charge in [-0.05, 0) is 25.1 Å². The lowest BCUT2D eigenvalue weighted by Gasteiger charge is -2.27. The van der Waals surface area contributed by atoms with Crippen LogP contribution in [0.3, 0.4) is 0 Å². The number of hydrogen-bond donors (Lipinski definition) is 0. The Morgan fingerprint density at radius 3 is 2.44 bits per heavy atom. The van der Waals surface area contributed by atoms with Gasteiger partial charge in [0.05, 0.1) is 5.75 Å². The highest BCUT2D eigenvalue weighted by atomic mass is 35.5. The van der Waals surface area contributed by atoms with E-state index in [4.69, 9.17) is 11.6 Å². The van der Waals surface area contributed by atoms with Crippen molar-refractivity contribution in [3.8, 4) is 0 Å². The maximum atomic E-state index is 11.3. The second-order valence-corrected chi connectivity index (χ2v) is 7.19. The number of hydrogen-bond acceptors (Lipinski definition) is 3. The van der Waals surface area contributed by atoms with E-state index in [2.05, 4.69) is 4.90 Å². The monoisotopic (exact) mass is 289 g/mol. The highest BCUT2D eigenvalue weighted by Crippen LogP contribution is 2.18. The van der Waals surface area contributed by atoms with Gasteiger partial charge in [-0.3, -0.25) is 4.90 Å². The van der Waals surface area contributed by atoms with Crippen LogP contribution in [0.1, 0.15) is 19.4 Å². The van der Waals surface area contributed by atoms with Crippen molar-refractivity contribution in [3.63, 3.8) is 0 Å². The Morgan fingerprint density at radius 1 is 1.33 bits per heavy atom. The van der Waals surface area contributed by atoms with Crippen LogP contribution < -0.4 is 0 Å². The first kappa shape index (κ1) is 15.5. The van der Waals surface area contributed by atoms with Crippen LogP contribution in [0, 0.1) is 0 Å². The Hall–Kier alpha value is -0.580. The molecule has 0 N–H and O–H groups in total. The molecule has 0 aliphatic rings. The molecule has 3 nitrogen and oxygen atoms in total. The van der Waals surface area contributed by atoms with Crippen molar-refractivity contribution < 1.29 is 8.42 Å². The van der Waals surface area contributed by atoms with Crippen LogP contribution in [0.5, 0.6) is 0 Å². The number of halogens is 1. The minimum absolute atomic E-state index is 0.0127. The zero-order valence-electron chi connectivity index (χ0n) is 11.1. The Kier molecular flexibility index (Phi) is 5.63. The summed E-state index contributed by atoms with van der Waals surface area (Å²) in [7, 11) is -2.96. The van der Waals surface area contributed by atoms with Gasteiger partial charge in [0.1, 0.15) is 9.84 Å². The molecule has 1 atom stereocenters. The summed E-state index contributed by atoms with van der Waals surface area (Å²) in [5.41, 5.74) is 1.03. The molecule has 0 saturated carbocycles. The third-order valence-electron chi connectivity index (χ3n) is 2.90. The quantitative estimate of drug-likeness (QED) is 0.808. The van der Waals surface area contributed by atoms with Gasteiger partial charge in [0.2, 0.25) is 0 Å². The minimum Gasteiger partial charge on any atom is -0.296 e. The first-order chi connectivity index (χ1) is 8.33. The average Bonchev–Trinajstić information content (AvgIpc) is 2.25. The third kappa shape index (κ3) is 4.96. The Labute approximate surface area is 115 Å². The standard InChI is InChI=1S/C13H20ClNO2S/c1-4-15(11(2)10-18(3,16)17)9-12-7-5-6-8-13(12)14/h5-8,11H,4,9-10H2,1-3H3. The molecule has 0 fully saturated rings. The van der Waals surface area contributed by atoms with E-state index >= 15 is 0 Å². The highest BCUT2D eigenvalue weighted by Gasteiger charge is 2.18. The molecule has 5 heteroatoms. The zero-order valence-corrected chi connectivity index (χ0v) is 12.6. The summed E-state index contributed by atoms with van der Waals surface area (Å²) in [5, 5.41) is 0.725. The topological polar surface area (TPSA) is 37.4 Å². The number of nitrogens with zero attached hydrogens (tertiary/aromatic N) is 1. The van der Waals surface area contributed by atoms with E-state index < -0.39 is 9.84 Å². The van der Waals surface area contributed by atoms with Crippen molar-refractivity contribution in [2.45, 2.75) is 26.4 Å². The van der Waals surface area contributed by atoms with Gasteiger partial charge < -0.3 is 0 Å². The van der Waals surface area contributed by atoms with Crippen molar-refractivity contribution in [1.82, 2.24) is 4.90 Å². The van der Waals surface area contributed by atoms with Crippen LogP contribution >= 0.6 is 11.6 Å². The van der Waals surface area contributed by atoms with E-state index in [1.54, 1.807) is 0 Å². The molecule has 0 aliphatic carbocycles. The molecular formula is C13H20ClNO2S. The fraction of sp³-hybridized carbons (Fsp3) is 0.538. The van der Waals surface area contributed by atoms with E-state index in [1.165, 1.54) is 6.26 Å². The Balaban J connectivity index is 2.76. The van der Waals surface area contributed by atoms with E-state index in [9.17, 15) is 8.42 Å². The van der Waals surface area contributed by atoms with Gasteiger partial charge in [0.15, 0.2) is 0 Å². The molecule has 18 heavy (non-hydrogen) atoms. The van der Waals surface area contributed by atoms with Gasteiger partial charge in [-0.1, -0.05) is 36.7 Å². The second kappa shape index (κ2) is 6.55. The molecule has 102 valence electrons. The summed E-state index contributed by atoms with van der Waals surface area (Å²) in [4.78, 5) is 2.11.